The molecule has 1 aromatic heterocycles. The Morgan fingerprint density at radius 3 is 2.45 bits per heavy atom. The highest BCUT2D eigenvalue weighted by Crippen LogP contribution is 2.40. The van der Waals surface area contributed by atoms with Crippen molar-refractivity contribution in [3.05, 3.63) is 39.4 Å². The number of piperidine rings is 1. The molecule has 4 rings (SSSR count). The second kappa shape index (κ2) is 12.5. The Kier molecular flexibility index (Phi) is 10.3. The molecule has 31 heavy (non-hydrogen) atoms. The summed E-state index contributed by atoms with van der Waals surface area (Å²) in [5, 5.41) is 15.8. The zero-order valence-corrected chi connectivity index (χ0v) is 20.3. The molecular formula is C21H30Cl2N6OS. The highest BCUT2D eigenvalue weighted by molar-refractivity contribution is 7.99. The summed E-state index contributed by atoms with van der Waals surface area (Å²) in [6.45, 7) is 4.06. The number of nitrogens with two attached hydrogens (primary N) is 2. The van der Waals surface area contributed by atoms with Crippen LogP contribution in [0.5, 0.6) is 0 Å². The predicted octanol–water partition coefficient (Wildman–Crippen LogP) is 3.59. The monoisotopic (exact) mass is 484 g/mol. The van der Waals surface area contributed by atoms with Crippen LogP contribution >= 0.6 is 35.0 Å². The first-order valence-corrected chi connectivity index (χ1v) is 11.7. The largest absolute Gasteiger partial charge is 0.400 e. The molecule has 3 heterocycles. The van der Waals surface area contributed by atoms with Crippen molar-refractivity contribution in [3.8, 4) is 11.3 Å². The van der Waals surface area contributed by atoms with E-state index in [4.69, 9.17) is 44.0 Å². The molecule has 0 unspecified atom stereocenters. The van der Waals surface area contributed by atoms with Crippen LogP contribution in [0.4, 0.5) is 5.95 Å². The van der Waals surface area contributed by atoms with Gasteiger partial charge in [0, 0.05) is 30.2 Å². The second-order valence-electron chi connectivity index (χ2n) is 6.86. The number of nitrogens with zero attached hydrogens (tertiary/aromatic N) is 2. The second-order valence-corrected chi connectivity index (χ2v) is 8.63. The maximum Gasteiger partial charge on any atom is 0.224 e. The number of halogens is 2. The third-order valence-corrected chi connectivity index (χ3v) is 6.78. The van der Waals surface area contributed by atoms with Gasteiger partial charge in [0.1, 0.15) is 5.03 Å². The molecule has 2 aliphatic heterocycles. The molecule has 0 aliphatic carbocycles. The van der Waals surface area contributed by atoms with E-state index in [-0.39, 0.29) is 0 Å². The van der Waals surface area contributed by atoms with Gasteiger partial charge in [0.05, 0.1) is 21.3 Å². The van der Waals surface area contributed by atoms with Gasteiger partial charge in [-0.05, 0) is 57.6 Å². The fourth-order valence-corrected chi connectivity index (χ4v) is 4.63. The lowest BCUT2D eigenvalue weighted by molar-refractivity contribution is 0.399. The fraction of sp³-hybridized carbons (Fsp3) is 0.429. The van der Waals surface area contributed by atoms with Gasteiger partial charge in [-0.2, -0.15) is 0 Å². The first kappa shape index (κ1) is 25.7. The van der Waals surface area contributed by atoms with Gasteiger partial charge in [0.25, 0.3) is 0 Å². The molecule has 1 aromatic carbocycles. The van der Waals surface area contributed by atoms with E-state index in [0.29, 0.717) is 22.0 Å². The zero-order chi connectivity index (χ0) is 23.0. The fourth-order valence-electron chi connectivity index (χ4n) is 3.32. The van der Waals surface area contributed by atoms with Crippen molar-refractivity contribution in [1.82, 2.24) is 15.3 Å². The van der Waals surface area contributed by atoms with Crippen molar-refractivity contribution < 1.29 is 5.11 Å². The third-order valence-electron chi connectivity index (χ3n) is 4.90. The van der Waals surface area contributed by atoms with Crippen LogP contribution in [-0.2, 0) is 0 Å². The van der Waals surface area contributed by atoms with Crippen LogP contribution in [0.2, 0.25) is 10.0 Å². The molecule has 10 heteroatoms. The minimum atomic E-state index is 0.370. The summed E-state index contributed by atoms with van der Waals surface area (Å²) in [5.41, 5.74) is 15.4. The molecule has 2 aliphatic rings. The Balaban J connectivity index is 0.000000807. The molecule has 7 nitrogen and oxygen atoms in total. The van der Waals surface area contributed by atoms with Crippen molar-refractivity contribution in [2.75, 3.05) is 38.3 Å². The number of rotatable bonds is 3. The van der Waals surface area contributed by atoms with Gasteiger partial charge in [0.15, 0.2) is 0 Å². The van der Waals surface area contributed by atoms with E-state index in [2.05, 4.69) is 16.4 Å². The average molecular weight is 485 g/mol. The summed E-state index contributed by atoms with van der Waals surface area (Å²) >= 11 is 14.1. The minimum Gasteiger partial charge on any atom is -0.400 e. The van der Waals surface area contributed by atoms with Gasteiger partial charge in [-0.15, -0.1) is 11.8 Å². The Labute approximate surface area is 198 Å². The number of aromatic nitrogens is 2. The molecule has 0 atom stereocenters. The molecule has 0 bridgehead atoms. The molecule has 7 N–H and O–H groups in total. The molecule has 0 radical (unpaired) electrons. The van der Waals surface area contributed by atoms with Crippen molar-refractivity contribution in [2.45, 2.75) is 30.8 Å². The van der Waals surface area contributed by atoms with E-state index in [1.54, 1.807) is 17.8 Å². The summed E-state index contributed by atoms with van der Waals surface area (Å²) in [6.07, 6.45) is 2.10. The molecule has 2 aromatic rings. The number of aliphatic hydroxyl groups excluding tert-OH is 1. The molecule has 170 valence electrons. The van der Waals surface area contributed by atoms with Gasteiger partial charge in [-0.25, -0.2) is 9.97 Å². The Morgan fingerprint density at radius 2 is 1.81 bits per heavy atom. The molecule has 0 saturated carbocycles. The normalized spacial score (nSPS) is 15.8. The van der Waals surface area contributed by atoms with Gasteiger partial charge >= 0.3 is 0 Å². The summed E-state index contributed by atoms with van der Waals surface area (Å²) < 4.78 is 0. The third kappa shape index (κ3) is 6.25. The number of hydrogen-bond donors (Lipinski definition) is 5. The highest BCUT2D eigenvalue weighted by Gasteiger charge is 2.25. The number of nitrogens with one attached hydrogen (secondary N) is 2. The van der Waals surface area contributed by atoms with Crippen LogP contribution in [0.1, 0.15) is 25.3 Å². The topological polar surface area (TPSA) is 122 Å². The van der Waals surface area contributed by atoms with Crippen LogP contribution in [0, 0.1) is 0 Å². The lowest BCUT2D eigenvalue weighted by atomic mass is 10.0. The number of anilines is 1. The standard InChI is InChI=1S/C19H21Cl2N5S.CH5N.CH4O/c1-10-9-27-18-15(16(10)22)17(11-2-3-13(20)14(21)8-11)25-19(26-18)24-12-4-6-23-7-5-12;2*1-2/h2-3,8,12,23H,4-7,9,22H2,1H3,(H,24,25,26);2H2,1H3;2H,1H3. The maximum absolute atomic E-state index is 7.00. The Morgan fingerprint density at radius 1 is 1.13 bits per heavy atom. The van der Waals surface area contributed by atoms with Crippen molar-refractivity contribution >= 4 is 46.6 Å². The van der Waals surface area contributed by atoms with Gasteiger partial charge in [0.2, 0.25) is 5.95 Å². The van der Waals surface area contributed by atoms with Gasteiger partial charge < -0.3 is 27.2 Å². The van der Waals surface area contributed by atoms with Crippen LogP contribution in [0.15, 0.2) is 28.8 Å². The van der Waals surface area contributed by atoms with Gasteiger partial charge in [-0.3, -0.25) is 0 Å². The van der Waals surface area contributed by atoms with E-state index in [1.807, 2.05) is 19.1 Å². The predicted molar refractivity (Wildman–Crippen MR) is 133 cm³/mol. The van der Waals surface area contributed by atoms with Crippen molar-refractivity contribution in [3.63, 3.8) is 0 Å². The molecule has 1 saturated heterocycles. The zero-order valence-electron chi connectivity index (χ0n) is 18.0. The average Bonchev–Trinajstić information content (AvgIpc) is 2.81. The molecule has 0 amide bonds. The molecule has 0 spiro atoms. The maximum atomic E-state index is 7.00. The minimum absolute atomic E-state index is 0.370. The highest BCUT2D eigenvalue weighted by atomic mass is 35.5. The summed E-state index contributed by atoms with van der Waals surface area (Å²) in [4.78, 5) is 9.60. The number of hydrogen-bond acceptors (Lipinski definition) is 8. The lowest BCUT2D eigenvalue weighted by Crippen LogP contribution is -2.35. The molecule has 1 fully saturated rings. The number of benzene rings is 1. The molecular weight excluding hydrogens is 455 g/mol. The number of fused-ring (bicyclic) bond motifs is 1. The number of thioether (sulfide) groups is 1. The van der Waals surface area contributed by atoms with E-state index >= 15 is 0 Å². The summed E-state index contributed by atoms with van der Waals surface area (Å²) in [7, 11) is 2.50. The van der Waals surface area contributed by atoms with E-state index in [9.17, 15) is 0 Å². The summed E-state index contributed by atoms with van der Waals surface area (Å²) in [5.74, 6) is 1.48. The van der Waals surface area contributed by atoms with Crippen LogP contribution < -0.4 is 22.1 Å². The van der Waals surface area contributed by atoms with Gasteiger partial charge in [-0.1, -0.05) is 29.3 Å². The van der Waals surface area contributed by atoms with E-state index < -0.39 is 0 Å². The van der Waals surface area contributed by atoms with E-state index in [0.717, 1.165) is 71.9 Å². The van der Waals surface area contributed by atoms with Crippen molar-refractivity contribution in [1.29, 1.82) is 0 Å². The quantitative estimate of drug-likeness (QED) is 0.418. The smallest absolute Gasteiger partial charge is 0.224 e. The van der Waals surface area contributed by atoms with E-state index in [1.165, 1.54) is 7.05 Å². The van der Waals surface area contributed by atoms with Crippen molar-refractivity contribution in [2.24, 2.45) is 11.5 Å². The SMILES string of the molecule is CC1=C(N)c2c(nc(NC3CCNCC3)nc2-c2ccc(Cl)c(Cl)c2)SC1.CN.CO. The van der Waals surface area contributed by atoms with Crippen LogP contribution in [0.3, 0.4) is 0 Å². The first-order chi connectivity index (χ1) is 15.0. The van der Waals surface area contributed by atoms with Crippen LogP contribution in [0.25, 0.3) is 17.0 Å². The lowest BCUT2D eigenvalue weighted by Gasteiger charge is -2.26. The Bertz CT molecular complexity index is 919. The summed E-state index contributed by atoms with van der Waals surface area (Å²) in [6, 6.07) is 5.92. The first-order valence-electron chi connectivity index (χ1n) is 9.98. The number of aliphatic hydroxyl groups is 1. The Hall–Kier alpha value is -1.55. The van der Waals surface area contributed by atoms with Crippen LogP contribution in [-0.4, -0.2) is 54.1 Å².